The number of para-hydroxylation sites is 1. The predicted molar refractivity (Wildman–Crippen MR) is 106 cm³/mol. The molecule has 0 saturated heterocycles. The molecule has 3 aromatic heterocycles. The fourth-order valence-corrected chi connectivity index (χ4v) is 2.91. The summed E-state index contributed by atoms with van der Waals surface area (Å²) in [6, 6.07) is 13.1. The van der Waals surface area contributed by atoms with Crippen molar-refractivity contribution in [3.63, 3.8) is 0 Å². The fraction of sp³-hybridized carbons (Fsp3) is 0.0952. The lowest BCUT2D eigenvalue weighted by molar-refractivity contribution is 0.101. The number of rotatable bonds is 4. The number of aromatic nitrogens is 5. The Morgan fingerprint density at radius 2 is 1.86 bits per heavy atom. The maximum Gasteiger partial charge on any atom is 0.275 e. The number of anilines is 1. The molecular formula is C21H17FN6O. The highest BCUT2D eigenvalue weighted by Gasteiger charge is 2.18. The van der Waals surface area contributed by atoms with Crippen molar-refractivity contribution in [1.82, 2.24) is 24.7 Å². The average molecular weight is 388 g/mol. The molecule has 0 bridgehead atoms. The summed E-state index contributed by atoms with van der Waals surface area (Å²) in [5.74, 6) is -0.223. The molecule has 0 spiro atoms. The lowest BCUT2D eigenvalue weighted by atomic mass is 10.2. The Hall–Kier alpha value is -3.94. The Bertz CT molecular complexity index is 1200. The summed E-state index contributed by atoms with van der Waals surface area (Å²) in [5.41, 5.74) is 2.53. The smallest absolute Gasteiger partial charge is 0.275 e. The highest BCUT2D eigenvalue weighted by atomic mass is 19.1. The molecule has 4 rings (SSSR count). The van der Waals surface area contributed by atoms with E-state index in [-0.39, 0.29) is 11.4 Å². The summed E-state index contributed by atoms with van der Waals surface area (Å²) in [5, 5.41) is 6.98. The quantitative estimate of drug-likeness (QED) is 0.576. The molecule has 1 aromatic carbocycles. The molecule has 4 aromatic rings. The number of nitrogens with one attached hydrogen (secondary N) is 1. The average Bonchev–Trinajstić information content (AvgIpc) is 3.10. The lowest BCUT2D eigenvalue weighted by Gasteiger charge is -2.09. The molecule has 0 aliphatic rings. The maximum atomic E-state index is 14.2. The first kappa shape index (κ1) is 18.4. The van der Waals surface area contributed by atoms with Crippen LogP contribution in [0.5, 0.6) is 0 Å². The van der Waals surface area contributed by atoms with E-state index in [0.29, 0.717) is 23.0 Å². The van der Waals surface area contributed by atoms with Gasteiger partial charge in [0.05, 0.1) is 5.69 Å². The van der Waals surface area contributed by atoms with Crippen LogP contribution >= 0.6 is 0 Å². The van der Waals surface area contributed by atoms with Crippen LogP contribution in [-0.2, 0) is 0 Å². The molecule has 144 valence electrons. The molecule has 0 aliphatic heterocycles. The van der Waals surface area contributed by atoms with Crippen LogP contribution in [0.25, 0.3) is 17.2 Å². The molecule has 0 fully saturated rings. The summed E-state index contributed by atoms with van der Waals surface area (Å²) in [7, 11) is 0. The molecule has 0 saturated carbocycles. The SMILES string of the molecule is Cc1cc(C(=O)Nc2ccnc(-c3ncccc3C)n2)n(-c2ccccc2F)n1. The standard InChI is InChI=1S/C21H17FN6O/c1-13-6-5-10-23-19(13)20-24-11-9-18(25-20)26-21(29)17-12-14(2)27-28(17)16-8-4-3-7-15(16)22/h3-12H,1-2H3,(H,24,25,26,29). The molecule has 29 heavy (non-hydrogen) atoms. The van der Waals surface area contributed by atoms with Crippen molar-refractivity contribution < 1.29 is 9.18 Å². The highest BCUT2D eigenvalue weighted by molar-refractivity contribution is 6.03. The van der Waals surface area contributed by atoms with Crippen LogP contribution in [0, 0.1) is 19.7 Å². The Kier molecular flexibility index (Phi) is 4.82. The number of aryl methyl sites for hydroxylation is 2. The van der Waals surface area contributed by atoms with Gasteiger partial charge in [0, 0.05) is 12.4 Å². The van der Waals surface area contributed by atoms with Gasteiger partial charge in [-0.15, -0.1) is 0 Å². The van der Waals surface area contributed by atoms with Crippen molar-refractivity contribution in [3.8, 4) is 17.2 Å². The topological polar surface area (TPSA) is 85.6 Å². The third kappa shape index (κ3) is 3.73. The zero-order chi connectivity index (χ0) is 20.4. The van der Waals surface area contributed by atoms with E-state index in [1.807, 2.05) is 19.1 Å². The van der Waals surface area contributed by atoms with E-state index in [1.54, 1.807) is 49.6 Å². The lowest BCUT2D eigenvalue weighted by Crippen LogP contribution is -2.18. The number of pyridine rings is 1. The van der Waals surface area contributed by atoms with Crippen LogP contribution in [0.3, 0.4) is 0 Å². The summed E-state index contributed by atoms with van der Waals surface area (Å²) in [6.07, 6.45) is 3.21. The largest absolute Gasteiger partial charge is 0.305 e. The van der Waals surface area contributed by atoms with Crippen LogP contribution in [0.15, 0.2) is 60.9 Å². The van der Waals surface area contributed by atoms with Gasteiger partial charge in [-0.3, -0.25) is 9.78 Å². The van der Waals surface area contributed by atoms with Crippen molar-refractivity contribution in [3.05, 3.63) is 83.7 Å². The van der Waals surface area contributed by atoms with E-state index < -0.39 is 11.7 Å². The third-order valence-electron chi connectivity index (χ3n) is 4.26. The van der Waals surface area contributed by atoms with Gasteiger partial charge in [-0.2, -0.15) is 5.10 Å². The Balaban J connectivity index is 1.66. The van der Waals surface area contributed by atoms with Gasteiger partial charge in [0.2, 0.25) is 0 Å². The molecule has 1 N–H and O–H groups in total. The summed E-state index contributed by atoms with van der Waals surface area (Å²) < 4.78 is 15.5. The molecule has 0 radical (unpaired) electrons. The summed E-state index contributed by atoms with van der Waals surface area (Å²) in [4.78, 5) is 25.8. The number of benzene rings is 1. The molecule has 0 unspecified atom stereocenters. The highest BCUT2D eigenvalue weighted by Crippen LogP contribution is 2.19. The fourth-order valence-electron chi connectivity index (χ4n) is 2.91. The van der Waals surface area contributed by atoms with Crippen molar-refractivity contribution in [2.24, 2.45) is 0 Å². The van der Waals surface area contributed by atoms with Crippen LogP contribution in [-0.4, -0.2) is 30.6 Å². The van der Waals surface area contributed by atoms with Gasteiger partial charge in [-0.1, -0.05) is 18.2 Å². The number of hydrogen-bond donors (Lipinski definition) is 1. The number of nitrogens with zero attached hydrogens (tertiary/aromatic N) is 5. The van der Waals surface area contributed by atoms with Crippen molar-refractivity contribution in [2.75, 3.05) is 5.32 Å². The number of carbonyl (C=O) groups excluding carboxylic acids is 1. The van der Waals surface area contributed by atoms with E-state index >= 15 is 0 Å². The molecule has 8 heteroatoms. The third-order valence-corrected chi connectivity index (χ3v) is 4.26. The Morgan fingerprint density at radius 3 is 2.66 bits per heavy atom. The van der Waals surface area contributed by atoms with E-state index in [0.717, 1.165) is 5.56 Å². The minimum absolute atomic E-state index is 0.193. The van der Waals surface area contributed by atoms with E-state index in [1.165, 1.54) is 10.7 Å². The second-order valence-corrected chi connectivity index (χ2v) is 6.42. The normalized spacial score (nSPS) is 10.7. The summed E-state index contributed by atoms with van der Waals surface area (Å²) in [6.45, 7) is 3.65. The van der Waals surface area contributed by atoms with Gasteiger partial charge in [-0.25, -0.2) is 19.0 Å². The van der Waals surface area contributed by atoms with E-state index in [2.05, 4.69) is 25.4 Å². The van der Waals surface area contributed by atoms with Crippen molar-refractivity contribution in [2.45, 2.75) is 13.8 Å². The number of halogens is 1. The molecular weight excluding hydrogens is 371 g/mol. The van der Waals surface area contributed by atoms with Gasteiger partial charge in [0.25, 0.3) is 5.91 Å². The van der Waals surface area contributed by atoms with Crippen LogP contribution in [0.4, 0.5) is 10.2 Å². The van der Waals surface area contributed by atoms with Gasteiger partial charge in [-0.05, 0) is 49.7 Å². The Morgan fingerprint density at radius 1 is 1.03 bits per heavy atom. The van der Waals surface area contributed by atoms with Crippen LogP contribution in [0.2, 0.25) is 0 Å². The van der Waals surface area contributed by atoms with Crippen molar-refractivity contribution >= 4 is 11.7 Å². The number of hydrogen-bond acceptors (Lipinski definition) is 5. The molecule has 0 aliphatic carbocycles. The number of amides is 1. The maximum absolute atomic E-state index is 14.2. The second-order valence-electron chi connectivity index (χ2n) is 6.42. The Labute approximate surface area is 166 Å². The predicted octanol–water partition coefficient (Wildman–Crippen LogP) is 3.73. The summed E-state index contributed by atoms with van der Waals surface area (Å²) >= 11 is 0. The van der Waals surface area contributed by atoms with Gasteiger partial charge in [0.15, 0.2) is 5.82 Å². The van der Waals surface area contributed by atoms with Gasteiger partial charge in [0.1, 0.15) is 28.7 Å². The molecule has 3 heterocycles. The molecule has 1 amide bonds. The van der Waals surface area contributed by atoms with E-state index in [4.69, 9.17) is 0 Å². The monoisotopic (exact) mass is 388 g/mol. The first-order chi connectivity index (χ1) is 14.0. The molecule has 0 atom stereocenters. The van der Waals surface area contributed by atoms with Crippen LogP contribution < -0.4 is 5.32 Å². The van der Waals surface area contributed by atoms with Crippen molar-refractivity contribution in [1.29, 1.82) is 0 Å². The van der Waals surface area contributed by atoms with Gasteiger partial charge < -0.3 is 5.32 Å². The van der Waals surface area contributed by atoms with Gasteiger partial charge >= 0.3 is 0 Å². The minimum Gasteiger partial charge on any atom is -0.305 e. The second kappa shape index (κ2) is 7.59. The minimum atomic E-state index is -0.473. The van der Waals surface area contributed by atoms with E-state index in [9.17, 15) is 9.18 Å². The zero-order valence-corrected chi connectivity index (χ0v) is 15.8. The zero-order valence-electron chi connectivity index (χ0n) is 15.8. The van der Waals surface area contributed by atoms with Crippen LogP contribution in [0.1, 0.15) is 21.7 Å². The molecule has 7 nitrogen and oxygen atoms in total. The first-order valence-electron chi connectivity index (χ1n) is 8.91. The number of carbonyl (C=O) groups is 1. The first-order valence-corrected chi connectivity index (χ1v) is 8.91.